The zero-order valence-corrected chi connectivity index (χ0v) is 50.3. The number of aryl methyl sites for hydroxylation is 10. The first-order valence-electron chi connectivity index (χ1n) is 28.2. The van der Waals surface area contributed by atoms with E-state index >= 15 is 0 Å². The van der Waals surface area contributed by atoms with Crippen LogP contribution in [0.2, 0.25) is 0 Å². The van der Waals surface area contributed by atoms with Crippen LogP contribution in [0.5, 0.6) is 0 Å². The van der Waals surface area contributed by atoms with Crippen LogP contribution >= 0.6 is 0 Å². The molecular formula is C59H77N23O2. The minimum atomic E-state index is 0.580. The smallest absolute Gasteiger partial charge is 0.183 e. The highest BCUT2D eigenvalue weighted by Gasteiger charge is 2.14. The number of nitrogens with zero attached hydrogens (tertiary/aromatic N) is 13. The molecule has 0 saturated heterocycles. The molecule has 0 aliphatic heterocycles. The van der Waals surface area contributed by atoms with Gasteiger partial charge >= 0.3 is 0 Å². The van der Waals surface area contributed by atoms with Gasteiger partial charge in [0.25, 0.3) is 0 Å². The van der Waals surface area contributed by atoms with Crippen molar-refractivity contribution in [1.82, 2.24) is 89.7 Å². The number of nitrogens with one attached hydrogen (secondary N) is 10. The minimum absolute atomic E-state index is 0.580. The van der Waals surface area contributed by atoms with Gasteiger partial charge in [-0.25, -0.2) is 64.8 Å². The molecule has 12 rings (SSSR count). The van der Waals surface area contributed by atoms with Gasteiger partial charge in [0.05, 0.1) is 36.6 Å². The molecule has 0 amide bonds. The van der Waals surface area contributed by atoms with Crippen molar-refractivity contribution in [1.29, 1.82) is 0 Å². The molecule has 10 N–H and O–H groups in total. The highest BCUT2D eigenvalue weighted by Crippen LogP contribution is 2.24. The summed E-state index contributed by atoms with van der Waals surface area (Å²) in [6.45, 7) is 29.3. The van der Waals surface area contributed by atoms with Gasteiger partial charge in [-0.15, -0.1) is 0 Å². The molecule has 0 spiro atoms. The van der Waals surface area contributed by atoms with Crippen LogP contribution < -0.4 is 26.6 Å². The fraction of sp³-hybridized carbons (Fsp3) is 0.373. The number of aromatic nitrogens is 18. The number of anilines is 5. The lowest BCUT2D eigenvalue weighted by molar-refractivity contribution is 0.517. The number of aromatic amines is 5. The van der Waals surface area contributed by atoms with E-state index in [9.17, 15) is 0 Å². The third kappa shape index (κ3) is 16.4. The average molecular weight is 1140 g/mol. The van der Waals surface area contributed by atoms with Crippen LogP contribution in [0.4, 0.5) is 29.1 Å². The number of H-pyrrole nitrogens is 5. The minimum Gasteiger partial charge on any atom is -0.467 e. The Balaban J connectivity index is 0.000000137. The molecule has 440 valence electrons. The van der Waals surface area contributed by atoms with E-state index in [0.29, 0.717) is 30.2 Å². The van der Waals surface area contributed by atoms with Crippen LogP contribution in [0.3, 0.4) is 0 Å². The highest BCUT2D eigenvalue weighted by atomic mass is 16.3. The van der Waals surface area contributed by atoms with Crippen molar-refractivity contribution in [3.8, 4) is 0 Å². The highest BCUT2D eigenvalue weighted by molar-refractivity contribution is 5.88. The van der Waals surface area contributed by atoms with Gasteiger partial charge in [-0.05, 0) is 125 Å². The first-order valence-corrected chi connectivity index (χ1v) is 28.2. The Morgan fingerprint density at radius 2 is 0.810 bits per heavy atom. The lowest BCUT2D eigenvalue weighted by atomic mass is 10.3. The normalized spacial score (nSPS) is 11.1. The predicted molar refractivity (Wildman–Crippen MR) is 332 cm³/mol. The van der Waals surface area contributed by atoms with E-state index < -0.39 is 0 Å². The van der Waals surface area contributed by atoms with Gasteiger partial charge in [-0.1, -0.05) is 38.8 Å². The third-order valence-electron chi connectivity index (χ3n) is 12.5. The number of imidazole rings is 5. The second-order valence-electron chi connectivity index (χ2n) is 20.0. The van der Waals surface area contributed by atoms with Gasteiger partial charge in [0.2, 0.25) is 0 Å². The van der Waals surface area contributed by atoms with Crippen molar-refractivity contribution in [3.05, 3.63) is 131 Å². The molecular weight excluding hydrogens is 1060 g/mol. The van der Waals surface area contributed by atoms with Crippen LogP contribution in [0.15, 0.2) is 69.9 Å². The molecule has 0 unspecified atom stereocenters. The van der Waals surface area contributed by atoms with Crippen LogP contribution in [0, 0.1) is 69.2 Å². The summed E-state index contributed by atoms with van der Waals surface area (Å²) in [6.07, 6.45) is 12.0. The first kappa shape index (κ1) is 60.3. The van der Waals surface area contributed by atoms with E-state index in [2.05, 4.69) is 130 Å². The Bertz CT molecular complexity index is 3840. The predicted octanol–water partition coefficient (Wildman–Crippen LogP) is 11.9. The van der Waals surface area contributed by atoms with E-state index in [1.54, 1.807) is 12.5 Å². The summed E-state index contributed by atoms with van der Waals surface area (Å²) in [4.78, 5) is 72.7. The van der Waals surface area contributed by atoms with Crippen molar-refractivity contribution < 1.29 is 8.83 Å². The molecule has 12 aromatic rings. The van der Waals surface area contributed by atoms with Crippen molar-refractivity contribution >= 4 is 84.6 Å². The maximum absolute atomic E-state index is 5.28. The summed E-state index contributed by atoms with van der Waals surface area (Å²) in [5.74, 6) is 12.3. The Morgan fingerprint density at radius 1 is 0.429 bits per heavy atom. The number of hydrogen-bond acceptors (Lipinski definition) is 20. The van der Waals surface area contributed by atoms with Gasteiger partial charge in [-0.2, -0.15) is 0 Å². The van der Waals surface area contributed by atoms with Crippen molar-refractivity contribution in [3.63, 3.8) is 0 Å². The SMILES string of the molecule is C/C=C/CNc1nc(C)nc2nc(C)[nH]c12.CCCCNc1nc(C)cc2[nH]c(C)nc12.CCCCNc1nc(C)nc2nc(C)[nH]c12.Cc1cc2[nH]c(C)nc2c(NCc2ccco2)n1.Cc1nc(NCc2ccco2)c2[nH]c(C)nc2n1. The molecule has 25 heteroatoms. The second kappa shape index (κ2) is 28.7. The molecule has 12 aromatic heterocycles. The van der Waals surface area contributed by atoms with Gasteiger partial charge < -0.3 is 60.3 Å². The molecule has 25 nitrogen and oxygen atoms in total. The molecule has 0 fully saturated rings. The summed E-state index contributed by atoms with van der Waals surface area (Å²) >= 11 is 0. The number of unbranched alkanes of at least 4 members (excludes halogenated alkanes) is 2. The van der Waals surface area contributed by atoms with Crippen molar-refractivity contribution in [2.45, 2.75) is 129 Å². The van der Waals surface area contributed by atoms with Crippen LogP contribution in [0.1, 0.15) is 116 Å². The number of hydrogen-bond donors (Lipinski definition) is 10. The molecule has 84 heavy (non-hydrogen) atoms. The number of allylic oxidation sites excluding steroid dienone is 1. The van der Waals surface area contributed by atoms with Crippen molar-refractivity contribution in [2.75, 3.05) is 46.2 Å². The maximum Gasteiger partial charge on any atom is 0.183 e. The van der Waals surface area contributed by atoms with E-state index in [1.807, 2.05) is 125 Å². The summed E-state index contributed by atoms with van der Waals surface area (Å²) in [5.41, 5.74) is 10.6. The van der Waals surface area contributed by atoms with E-state index in [-0.39, 0.29) is 0 Å². The molecule has 0 atom stereocenters. The molecule has 0 radical (unpaired) electrons. The van der Waals surface area contributed by atoms with Gasteiger partial charge in [0.15, 0.2) is 46.0 Å². The monoisotopic (exact) mass is 1140 g/mol. The lowest BCUT2D eigenvalue weighted by Crippen LogP contribution is -2.05. The molecule has 0 aromatic carbocycles. The zero-order chi connectivity index (χ0) is 59.7. The number of rotatable bonds is 17. The fourth-order valence-corrected chi connectivity index (χ4v) is 8.73. The van der Waals surface area contributed by atoms with Gasteiger partial charge in [0, 0.05) is 31.0 Å². The molecule has 0 aliphatic rings. The van der Waals surface area contributed by atoms with Gasteiger partial charge in [0.1, 0.15) is 85.7 Å². The van der Waals surface area contributed by atoms with Crippen LogP contribution in [-0.2, 0) is 13.1 Å². The van der Waals surface area contributed by atoms with Gasteiger partial charge in [-0.3, -0.25) is 0 Å². The Morgan fingerprint density at radius 3 is 1.21 bits per heavy atom. The largest absolute Gasteiger partial charge is 0.467 e. The molecule has 0 aliphatic carbocycles. The maximum atomic E-state index is 5.28. The molecule has 0 bridgehead atoms. The van der Waals surface area contributed by atoms with E-state index in [1.165, 1.54) is 12.8 Å². The second-order valence-corrected chi connectivity index (χ2v) is 20.0. The number of fused-ring (bicyclic) bond motifs is 5. The number of furan rings is 2. The van der Waals surface area contributed by atoms with Crippen LogP contribution in [-0.4, -0.2) is 109 Å². The summed E-state index contributed by atoms with van der Waals surface area (Å²) in [6, 6.07) is 11.6. The topological polar surface area (TPSA) is 333 Å². The molecule has 0 saturated carbocycles. The molecule has 12 heterocycles. The Labute approximate surface area is 487 Å². The summed E-state index contributed by atoms with van der Waals surface area (Å²) in [7, 11) is 0. The van der Waals surface area contributed by atoms with Crippen LogP contribution in [0.25, 0.3) is 55.6 Å². The van der Waals surface area contributed by atoms with Crippen molar-refractivity contribution in [2.24, 2.45) is 0 Å². The summed E-state index contributed by atoms with van der Waals surface area (Å²) in [5, 5.41) is 16.4. The quantitative estimate of drug-likeness (QED) is 0.0299. The van der Waals surface area contributed by atoms with E-state index in [0.717, 1.165) is 170 Å². The Kier molecular flexibility index (Phi) is 20.6. The standard InChI is InChI=1S/C13H14N4O.C12H13N5O.C12H18N4.C11H17N5.C11H15N5/c1-8-6-11-12(17-9(2)16-11)13(15-8)14-7-10-4-3-5-18-10;1-7-14-10-11(13-6-9-4-3-5-18-9)15-8(2)17-12(10)16-7;1-4-5-6-13-12-11-10(7-8(2)14-12)15-9(3)16-11;2*1-4-5-6-12-10-9-11(15-7(2)13-9)16-8(3)14-10/h3-6H,7H2,1-2H3,(H,14,15)(H,16,17);3-5H,6H2,1-2H3,(H2,13,14,15,16,17);7H,4-6H2,1-3H3,(H,13,14)(H,15,16);4-6H2,1-3H3,(H2,12,13,14,15,16);4-5H,6H2,1-3H3,(H2,12,13,14,15,16)/b;;;;5-4+. The third-order valence-corrected chi connectivity index (χ3v) is 12.5. The summed E-state index contributed by atoms with van der Waals surface area (Å²) < 4.78 is 10.6. The van der Waals surface area contributed by atoms with E-state index in [4.69, 9.17) is 8.83 Å². The number of pyridine rings is 2. The first-order chi connectivity index (χ1) is 40.5. The average Bonchev–Trinajstić information content (AvgIpc) is 4.47. The lowest BCUT2D eigenvalue weighted by Gasteiger charge is -2.06. The Hall–Kier alpha value is -9.81. The zero-order valence-electron chi connectivity index (χ0n) is 50.3. The fourth-order valence-electron chi connectivity index (χ4n) is 8.73.